The van der Waals surface area contributed by atoms with Gasteiger partial charge in [-0.2, -0.15) is 13.2 Å². The van der Waals surface area contributed by atoms with E-state index in [4.69, 9.17) is 19.2 Å². The monoisotopic (exact) mass is 550 g/mol. The van der Waals surface area contributed by atoms with E-state index in [0.717, 1.165) is 66.2 Å². The third kappa shape index (κ3) is 5.51. The van der Waals surface area contributed by atoms with Crippen LogP contribution in [0.4, 0.5) is 18.9 Å². The Morgan fingerprint density at radius 3 is 2.08 bits per heavy atom. The average molecular weight is 551 g/mol. The predicted molar refractivity (Wildman–Crippen MR) is 148 cm³/mol. The van der Waals surface area contributed by atoms with Crippen LogP contribution < -0.4 is 19.1 Å². The minimum Gasteiger partial charge on any atom is -0.493 e. The zero-order valence-electron chi connectivity index (χ0n) is 22.6. The molecule has 1 saturated heterocycles. The quantitative estimate of drug-likeness (QED) is 0.335. The maximum absolute atomic E-state index is 13.0. The van der Waals surface area contributed by atoms with Gasteiger partial charge >= 0.3 is 6.18 Å². The fraction of sp³-hybridized carbons (Fsp3) is 0.300. The number of rotatable bonds is 5. The lowest BCUT2D eigenvalue weighted by Gasteiger charge is -2.34. The molecular formula is C30H29F3N4O3. The van der Waals surface area contributed by atoms with Gasteiger partial charge in [0.15, 0.2) is 11.5 Å². The number of hydrogen-bond acceptors (Lipinski definition) is 6. The zero-order valence-corrected chi connectivity index (χ0v) is 22.6. The van der Waals surface area contributed by atoms with Gasteiger partial charge in [-0.15, -0.1) is 0 Å². The van der Waals surface area contributed by atoms with Crippen LogP contribution >= 0.6 is 0 Å². The number of halogens is 3. The Bertz CT molecular complexity index is 1550. The highest BCUT2D eigenvalue weighted by Gasteiger charge is 2.29. The van der Waals surface area contributed by atoms with Crippen LogP contribution in [0.1, 0.15) is 16.7 Å². The second-order valence-corrected chi connectivity index (χ2v) is 9.50. The number of piperazine rings is 1. The lowest BCUT2D eigenvalue weighted by molar-refractivity contribution is -0.137. The minimum absolute atomic E-state index is 0.489. The van der Waals surface area contributed by atoms with E-state index < -0.39 is 11.7 Å². The van der Waals surface area contributed by atoms with Crippen molar-refractivity contribution < 1.29 is 27.4 Å². The number of benzene rings is 3. The highest BCUT2D eigenvalue weighted by Crippen LogP contribution is 2.41. The van der Waals surface area contributed by atoms with Crippen molar-refractivity contribution in [2.75, 3.05) is 59.5 Å². The number of anilines is 1. The number of H-pyrrole nitrogens is 1. The van der Waals surface area contributed by atoms with Crippen LogP contribution in [-0.4, -0.2) is 69.4 Å². The minimum atomic E-state index is -4.39. The van der Waals surface area contributed by atoms with Crippen LogP contribution in [0, 0.1) is 11.8 Å². The molecule has 1 N–H and O–H groups in total. The molecule has 0 amide bonds. The van der Waals surface area contributed by atoms with E-state index >= 15 is 0 Å². The van der Waals surface area contributed by atoms with Crippen LogP contribution in [0.25, 0.3) is 22.4 Å². The Hall–Kier alpha value is -4.36. The van der Waals surface area contributed by atoms with Crippen LogP contribution in [0.15, 0.2) is 48.5 Å². The maximum Gasteiger partial charge on any atom is 0.416 e. The van der Waals surface area contributed by atoms with Crippen LogP contribution in [-0.2, 0) is 6.18 Å². The van der Waals surface area contributed by atoms with E-state index in [0.29, 0.717) is 28.6 Å². The first kappa shape index (κ1) is 27.2. The molecule has 0 aliphatic carbocycles. The number of ether oxygens (including phenoxy) is 3. The van der Waals surface area contributed by atoms with Gasteiger partial charge in [0.2, 0.25) is 5.75 Å². The van der Waals surface area contributed by atoms with Crippen molar-refractivity contribution in [2.45, 2.75) is 6.18 Å². The molecule has 1 aromatic heterocycles. The summed E-state index contributed by atoms with van der Waals surface area (Å²) in [6.07, 6.45) is -4.39. The first-order valence-electron chi connectivity index (χ1n) is 12.7. The maximum atomic E-state index is 13.0. The molecule has 0 atom stereocenters. The fourth-order valence-electron chi connectivity index (χ4n) is 4.69. The summed E-state index contributed by atoms with van der Waals surface area (Å²) in [7, 11) is 6.75. The number of likely N-dealkylation sites (N-methyl/N-ethyl adjacent to an activating group) is 1. The van der Waals surface area contributed by atoms with Crippen molar-refractivity contribution >= 4 is 16.7 Å². The number of methoxy groups -OCH3 is 3. The Labute approximate surface area is 230 Å². The molecule has 40 heavy (non-hydrogen) atoms. The van der Waals surface area contributed by atoms with Crippen molar-refractivity contribution in [3.8, 4) is 40.5 Å². The number of aromatic amines is 1. The van der Waals surface area contributed by atoms with Gasteiger partial charge in [0.1, 0.15) is 5.82 Å². The van der Waals surface area contributed by atoms with E-state index in [2.05, 4.69) is 33.7 Å². The van der Waals surface area contributed by atoms with Gasteiger partial charge in [0, 0.05) is 37.3 Å². The Morgan fingerprint density at radius 2 is 1.50 bits per heavy atom. The molecule has 10 heteroatoms. The van der Waals surface area contributed by atoms with E-state index in [1.807, 2.05) is 24.3 Å². The van der Waals surface area contributed by atoms with Gasteiger partial charge in [-0.25, -0.2) is 4.98 Å². The largest absolute Gasteiger partial charge is 0.493 e. The van der Waals surface area contributed by atoms with E-state index in [1.54, 1.807) is 21.3 Å². The molecule has 1 fully saturated rings. The number of fused-ring (bicyclic) bond motifs is 1. The number of imidazole rings is 1. The molecule has 2 heterocycles. The van der Waals surface area contributed by atoms with Crippen molar-refractivity contribution in [3.05, 3.63) is 65.2 Å². The number of aromatic nitrogens is 2. The number of hydrogen-bond donors (Lipinski definition) is 1. The summed E-state index contributed by atoms with van der Waals surface area (Å²) in [5.74, 6) is 8.37. The second kappa shape index (κ2) is 11.0. The molecule has 208 valence electrons. The van der Waals surface area contributed by atoms with E-state index in [1.165, 1.54) is 12.1 Å². The molecular weight excluding hydrogens is 521 g/mol. The molecule has 0 spiro atoms. The normalized spacial score (nSPS) is 14.1. The molecule has 7 nitrogen and oxygen atoms in total. The van der Waals surface area contributed by atoms with Crippen LogP contribution in [0.3, 0.4) is 0 Å². The Morgan fingerprint density at radius 1 is 0.850 bits per heavy atom. The predicted octanol–water partition coefficient (Wildman–Crippen LogP) is 5.43. The molecule has 1 aliphatic rings. The van der Waals surface area contributed by atoms with Gasteiger partial charge < -0.3 is 29.0 Å². The first-order valence-corrected chi connectivity index (χ1v) is 12.7. The summed E-state index contributed by atoms with van der Waals surface area (Å²) in [6.45, 7) is 3.45. The zero-order chi connectivity index (χ0) is 28.4. The Kier molecular flexibility index (Phi) is 7.50. The first-order chi connectivity index (χ1) is 19.2. The molecule has 4 aromatic rings. The smallest absolute Gasteiger partial charge is 0.416 e. The number of nitrogens with one attached hydrogen (secondary N) is 1. The molecule has 0 saturated carbocycles. The van der Waals surface area contributed by atoms with Crippen LogP contribution in [0.2, 0.25) is 0 Å². The molecule has 1 aliphatic heterocycles. The summed E-state index contributed by atoms with van der Waals surface area (Å²) in [4.78, 5) is 12.8. The molecule has 0 unspecified atom stereocenters. The van der Waals surface area contributed by atoms with Gasteiger partial charge in [0.05, 0.1) is 49.2 Å². The van der Waals surface area contributed by atoms with E-state index in [9.17, 15) is 13.2 Å². The SMILES string of the molecule is COc1cc(-c2nc3cc(N4CCN(C)CC4)c(C#Cc4ccc(C(F)(F)F)cc4)cc3[nH]2)cc(OC)c1OC. The molecule has 3 aromatic carbocycles. The summed E-state index contributed by atoms with van der Waals surface area (Å²) >= 11 is 0. The summed E-state index contributed by atoms with van der Waals surface area (Å²) in [5.41, 5.74) is 3.79. The van der Waals surface area contributed by atoms with Gasteiger partial charge in [-0.3, -0.25) is 0 Å². The fourth-order valence-corrected chi connectivity index (χ4v) is 4.69. The average Bonchev–Trinajstić information content (AvgIpc) is 3.38. The standard InChI is InChI=1S/C30H29F3N4O3/c1-36-11-13-37(14-12-36)25-18-24-23(15-20(25)8-5-19-6-9-22(10-7-19)30(31,32)33)34-29(35-24)21-16-26(38-2)28(40-4)27(17-21)39-3/h6-7,9-10,15-18H,11-14H2,1-4H3,(H,34,35). The second-order valence-electron chi connectivity index (χ2n) is 9.50. The van der Waals surface area contributed by atoms with Gasteiger partial charge in [-0.05, 0) is 55.6 Å². The van der Waals surface area contributed by atoms with Gasteiger partial charge in [0.25, 0.3) is 0 Å². The Balaban J connectivity index is 1.58. The van der Waals surface area contributed by atoms with Crippen molar-refractivity contribution in [1.82, 2.24) is 14.9 Å². The van der Waals surface area contributed by atoms with Crippen LogP contribution in [0.5, 0.6) is 17.2 Å². The third-order valence-corrected chi connectivity index (χ3v) is 6.94. The molecule has 0 bridgehead atoms. The summed E-state index contributed by atoms with van der Waals surface area (Å²) < 4.78 is 55.4. The summed E-state index contributed by atoms with van der Waals surface area (Å²) in [6, 6.07) is 12.5. The lowest BCUT2D eigenvalue weighted by Crippen LogP contribution is -2.44. The third-order valence-electron chi connectivity index (χ3n) is 6.94. The highest BCUT2D eigenvalue weighted by atomic mass is 19.4. The van der Waals surface area contributed by atoms with E-state index in [-0.39, 0.29) is 0 Å². The highest BCUT2D eigenvalue weighted by molar-refractivity contribution is 5.87. The lowest BCUT2D eigenvalue weighted by atomic mass is 10.1. The molecule has 0 radical (unpaired) electrons. The van der Waals surface area contributed by atoms with Crippen molar-refractivity contribution in [3.63, 3.8) is 0 Å². The topological polar surface area (TPSA) is 62.9 Å². The number of alkyl halides is 3. The van der Waals surface area contributed by atoms with Crippen molar-refractivity contribution in [2.24, 2.45) is 0 Å². The summed E-state index contributed by atoms with van der Waals surface area (Å²) in [5, 5.41) is 0. The molecule has 5 rings (SSSR count). The number of nitrogens with zero attached hydrogens (tertiary/aromatic N) is 3. The van der Waals surface area contributed by atoms with Gasteiger partial charge in [-0.1, -0.05) is 11.8 Å². The van der Waals surface area contributed by atoms with Crippen molar-refractivity contribution in [1.29, 1.82) is 0 Å².